The molecule has 2 aliphatic rings. The van der Waals surface area contributed by atoms with Crippen LogP contribution in [0.5, 0.6) is 0 Å². The molecule has 0 saturated heterocycles. The second kappa shape index (κ2) is 4.21. The zero-order chi connectivity index (χ0) is 14.5. The summed E-state index contributed by atoms with van der Waals surface area (Å²) in [5.74, 6) is 1.16. The molecule has 0 N–H and O–H groups in total. The highest BCUT2D eigenvalue weighted by molar-refractivity contribution is 5.74. The van der Waals surface area contributed by atoms with Crippen LogP contribution < -0.4 is 0 Å². The summed E-state index contributed by atoms with van der Waals surface area (Å²) in [5.41, 5.74) is 2.50. The van der Waals surface area contributed by atoms with Crippen molar-refractivity contribution >= 4 is 5.91 Å². The molecular formula is C16H22N2O2. The van der Waals surface area contributed by atoms with Crippen molar-refractivity contribution in [1.29, 1.82) is 0 Å². The molecule has 4 heteroatoms. The Morgan fingerprint density at radius 1 is 1.50 bits per heavy atom. The first-order chi connectivity index (χ1) is 9.40. The lowest BCUT2D eigenvalue weighted by Gasteiger charge is -2.50. The Bertz CT molecular complexity index is 589. The van der Waals surface area contributed by atoms with Crippen LogP contribution in [0.2, 0.25) is 0 Å². The van der Waals surface area contributed by atoms with Gasteiger partial charge in [0.05, 0.1) is 6.20 Å². The molecule has 0 aromatic carbocycles. The van der Waals surface area contributed by atoms with E-state index in [1.165, 1.54) is 11.1 Å². The Labute approximate surface area is 119 Å². The Morgan fingerprint density at radius 3 is 2.90 bits per heavy atom. The summed E-state index contributed by atoms with van der Waals surface area (Å²) in [5, 5.41) is 4.01. The lowest BCUT2D eigenvalue weighted by Crippen LogP contribution is -2.51. The maximum absolute atomic E-state index is 11.7. The van der Waals surface area contributed by atoms with Gasteiger partial charge in [0.25, 0.3) is 0 Å². The van der Waals surface area contributed by atoms with Gasteiger partial charge in [-0.1, -0.05) is 30.7 Å². The summed E-state index contributed by atoms with van der Waals surface area (Å²) < 4.78 is 5.56. The first-order valence-electron chi connectivity index (χ1n) is 7.31. The van der Waals surface area contributed by atoms with Crippen LogP contribution in [0.15, 0.2) is 22.4 Å². The SMILES string of the molecule is CCC1(C)C2=CCN(C(C)=O)C[C@]2(C)Cc2cnoc21. The van der Waals surface area contributed by atoms with E-state index < -0.39 is 0 Å². The van der Waals surface area contributed by atoms with Crippen LogP contribution in [0, 0.1) is 5.41 Å². The number of hydrogen-bond acceptors (Lipinski definition) is 3. The van der Waals surface area contributed by atoms with E-state index in [2.05, 4.69) is 32.0 Å². The van der Waals surface area contributed by atoms with Crippen LogP contribution in [0.25, 0.3) is 0 Å². The van der Waals surface area contributed by atoms with Crippen LogP contribution in [-0.4, -0.2) is 29.1 Å². The number of rotatable bonds is 1. The van der Waals surface area contributed by atoms with Gasteiger partial charge in [-0.25, -0.2) is 0 Å². The molecule has 1 aromatic rings. The van der Waals surface area contributed by atoms with E-state index in [0.717, 1.165) is 25.1 Å². The summed E-state index contributed by atoms with van der Waals surface area (Å²) in [4.78, 5) is 13.6. The van der Waals surface area contributed by atoms with Crippen LogP contribution in [0.1, 0.15) is 45.4 Å². The topological polar surface area (TPSA) is 46.3 Å². The summed E-state index contributed by atoms with van der Waals surface area (Å²) in [6.45, 7) is 9.83. The van der Waals surface area contributed by atoms with Crippen molar-refractivity contribution in [2.75, 3.05) is 13.1 Å². The van der Waals surface area contributed by atoms with E-state index in [9.17, 15) is 4.79 Å². The van der Waals surface area contributed by atoms with E-state index in [0.29, 0.717) is 6.54 Å². The fourth-order valence-corrected chi connectivity index (χ4v) is 4.04. The van der Waals surface area contributed by atoms with Gasteiger partial charge in [0.1, 0.15) is 5.76 Å². The first-order valence-corrected chi connectivity index (χ1v) is 7.31. The number of carbonyl (C=O) groups is 1. The average Bonchev–Trinajstić information content (AvgIpc) is 2.85. The number of aromatic nitrogens is 1. The van der Waals surface area contributed by atoms with E-state index >= 15 is 0 Å². The number of nitrogens with zero attached hydrogens (tertiary/aromatic N) is 2. The fourth-order valence-electron chi connectivity index (χ4n) is 4.04. The van der Waals surface area contributed by atoms with Gasteiger partial charge < -0.3 is 9.42 Å². The quantitative estimate of drug-likeness (QED) is 0.740. The predicted molar refractivity (Wildman–Crippen MR) is 76.3 cm³/mol. The maximum atomic E-state index is 11.7. The summed E-state index contributed by atoms with van der Waals surface area (Å²) in [6.07, 6.45) is 5.96. The van der Waals surface area contributed by atoms with Gasteiger partial charge in [-0.15, -0.1) is 0 Å². The maximum Gasteiger partial charge on any atom is 0.219 e. The Hall–Kier alpha value is -1.58. The third-order valence-corrected chi connectivity index (χ3v) is 5.18. The fraction of sp³-hybridized carbons (Fsp3) is 0.625. The van der Waals surface area contributed by atoms with Crippen LogP contribution in [0.3, 0.4) is 0 Å². The molecule has 20 heavy (non-hydrogen) atoms. The minimum Gasteiger partial charge on any atom is -0.360 e. The van der Waals surface area contributed by atoms with Crippen molar-refractivity contribution in [3.8, 4) is 0 Å². The van der Waals surface area contributed by atoms with Gasteiger partial charge in [-0.2, -0.15) is 0 Å². The molecule has 0 radical (unpaired) electrons. The van der Waals surface area contributed by atoms with Crippen molar-refractivity contribution in [1.82, 2.24) is 10.1 Å². The van der Waals surface area contributed by atoms with Crippen LogP contribution >= 0.6 is 0 Å². The normalized spacial score (nSPS) is 32.4. The molecular weight excluding hydrogens is 252 g/mol. The lowest BCUT2D eigenvalue weighted by molar-refractivity contribution is -0.130. The molecule has 1 aliphatic carbocycles. The smallest absolute Gasteiger partial charge is 0.219 e. The largest absolute Gasteiger partial charge is 0.360 e. The minimum absolute atomic E-state index is 0.00671. The van der Waals surface area contributed by atoms with Crippen molar-refractivity contribution in [2.24, 2.45) is 5.41 Å². The molecule has 0 saturated carbocycles. The van der Waals surface area contributed by atoms with E-state index in [1.807, 2.05) is 11.1 Å². The van der Waals surface area contributed by atoms with Crippen molar-refractivity contribution in [3.63, 3.8) is 0 Å². The highest BCUT2D eigenvalue weighted by atomic mass is 16.5. The molecule has 0 spiro atoms. The molecule has 0 fully saturated rings. The molecule has 1 aliphatic heterocycles. The second-order valence-electron chi connectivity index (χ2n) is 6.62. The summed E-state index contributed by atoms with van der Waals surface area (Å²) in [6, 6.07) is 0. The zero-order valence-electron chi connectivity index (χ0n) is 12.7. The predicted octanol–water partition coefficient (Wildman–Crippen LogP) is 2.69. The number of carbonyl (C=O) groups excluding carboxylic acids is 1. The molecule has 108 valence electrons. The van der Waals surface area contributed by atoms with Gasteiger partial charge in [0.15, 0.2) is 0 Å². The first kappa shape index (κ1) is 13.4. The molecule has 3 rings (SSSR count). The molecule has 1 aromatic heterocycles. The molecule has 2 heterocycles. The standard InChI is InChI=1S/C16H22N2O2/c1-5-16(4)13-6-7-18(11(2)19)10-15(13,3)8-12-9-17-20-14(12)16/h6,9H,5,7-8,10H2,1-4H3/t15-,16?/m0/s1. The van der Waals surface area contributed by atoms with Crippen molar-refractivity contribution in [3.05, 3.63) is 29.2 Å². The van der Waals surface area contributed by atoms with Gasteiger partial charge in [0.2, 0.25) is 5.91 Å². The third-order valence-electron chi connectivity index (χ3n) is 5.18. The zero-order valence-corrected chi connectivity index (χ0v) is 12.7. The molecule has 1 unspecified atom stereocenters. The van der Waals surface area contributed by atoms with E-state index in [1.54, 1.807) is 6.92 Å². The number of fused-ring (bicyclic) bond motifs is 2. The molecule has 2 atom stereocenters. The highest BCUT2D eigenvalue weighted by Crippen LogP contribution is 2.53. The van der Waals surface area contributed by atoms with Crippen LogP contribution in [0.4, 0.5) is 0 Å². The van der Waals surface area contributed by atoms with Gasteiger partial charge >= 0.3 is 0 Å². The lowest BCUT2D eigenvalue weighted by atomic mass is 9.57. The summed E-state index contributed by atoms with van der Waals surface area (Å²) in [7, 11) is 0. The summed E-state index contributed by atoms with van der Waals surface area (Å²) >= 11 is 0. The molecule has 1 amide bonds. The second-order valence-corrected chi connectivity index (χ2v) is 6.62. The average molecular weight is 274 g/mol. The third kappa shape index (κ3) is 1.67. The Morgan fingerprint density at radius 2 is 2.25 bits per heavy atom. The highest BCUT2D eigenvalue weighted by Gasteiger charge is 2.50. The number of hydrogen-bond donors (Lipinski definition) is 0. The van der Waals surface area contributed by atoms with Gasteiger partial charge in [0, 0.05) is 36.4 Å². The van der Waals surface area contributed by atoms with E-state index in [4.69, 9.17) is 4.52 Å². The van der Waals surface area contributed by atoms with Gasteiger partial charge in [-0.05, 0) is 19.8 Å². The van der Waals surface area contributed by atoms with Crippen LogP contribution in [-0.2, 0) is 16.6 Å². The monoisotopic (exact) mass is 274 g/mol. The Balaban J connectivity index is 2.12. The van der Waals surface area contributed by atoms with Crippen molar-refractivity contribution < 1.29 is 9.32 Å². The molecule has 4 nitrogen and oxygen atoms in total. The number of amides is 1. The van der Waals surface area contributed by atoms with E-state index in [-0.39, 0.29) is 16.7 Å². The minimum atomic E-state index is -0.0955. The molecule has 0 bridgehead atoms. The Kier molecular flexibility index (Phi) is 2.82. The van der Waals surface area contributed by atoms with Gasteiger partial charge in [-0.3, -0.25) is 4.79 Å². The van der Waals surface area contributed by atoms with Crippen molar-refractivity contribution in [2.45, 2.75) is 46.0 Å².